The quantitative estimate of drug-likeness (QED) is 0.0111. The number of nitro groups is 2. The van der Waals surface area contributed by atoms with Crippen molar-refractivity contribution in [2.45, 2.75) is 43.5 Å². The van der Waals surface area contributed by atoms with Gasteiger partial charge in [-0.1, -0.05) is 59.6 Å². The van der Waals surface area contributed by atoms with E-state index in [0.29, 0.717) is 11.0 Å². The lowest BCUT2D eigenvalue weighted by Crippen LogP contribution is -2.58. The Morgan fingerprint density at radius 3 is 1.41 bits per heavy atom. The molecule has 0 bridgehead atoms. The van der Waals surface area contributed by atoms with E-state index < -0.39 is 135 Å². The van der Waals surface area contributed by atoms with Crippen molar-refractivity contribution >= 4 is 105 Å². The van der Waals surface area contributed by atoms with E-state index in [1.165, 1.54) is 48.5 Å². The van der Waals surface area contributed by atoms with Crippen molar-refractivity contribution in [1.29, 1.82) is 0 Å². The minimum Gasteiger partial charge on any atom is -0.393 e. The Kier molecular flexibility index (Phi) is 19.1. The minimum atomic E-state index is -2.54. The maximum Gasteiger partial charge on any atom is 0.299 e. The van der Waals surface area contributed by atoms with Crippen molar-refractivity contribution in [3.8, 4) is 0 Å². The van der Waals surface area contributed by atoms with Gasteiger partial charge >= 0.3 is 0 Å². The lowest BCUT2D eigenvalue weighted by molar-refractivity contribution is -0.393. The molecule has 6 atom stereocenters. The SMILES string of the molecule is NC(=O)C(N=C(N)N)NC(=O)C(N=C(N)N)NC(=O)C(N=C(N)N)NC(=O)C(N=C(N)N)NC(=O)C(NC(=O)C(O)N(Cc1c(Cl)cccc1Cl)c1cc(N)c([N+](=O)[O-])cc1[N+](=O)[O-])c1ccccc1. The number of nitrogen functional groups attached to an aromatic ring is 1. The number of hydrogen-bond acceptors (Lipinski definition) is 17. The normalized spacial score (nSPS) is 13.1. The van der Waals surface area contributed by atoms with Gasteiger partial charge in [0.2, 0.25) is 36.8 Å². The highest BCUT2D eigenvalue weighted by atomic mass is 35.5. The summed E-state index contributed by atoms with van der Waals surface area (Å²) >= 11 is 12.8. The van der Waals surface area contributed by atoms with E-state index in [2.05, 4.69) is 30.6 Å². The van der Waals surface area contributed by atoms with Crippen molar-refractivity contribution in [3.05, 3.63) is 102 Å². The second-order valence-corrected chi connectivity index (χ2v) is 14.5. The zero-order chi connectivity index (χ0) is 52.7. The number of primary amides is 1. The maximum absolute atomic E-state index is 14.2. The van der Waals surface area contributed by atoms with Crippen LogP contribution in [0, 0.1) is 20.2 Å². The third-order valence-corrected chi connectivity index (χ3v) is 9.38. The summed E-state index contributed by atoms with van der Waals surface area (Å²) in [5.41, 5.74) is 51.2. The summed E-state index contributed by atoms with van der Waals surface area (Å²) in [5, 5.41) is 45.9. The molecule has 35 heteroatoms. The molecule has 0 saturated carbocycles. The summed E-state index contributed by atoms with van der Waals surface area (Å²) in [5.74, 6) is -11.6. The van der Waals surface area contributed by atoms with Gasteiger partial charge in [-0.3, -0.25) is 49.0 Å². The molecular formula is C35H44Cl2N22O11. The molecule has 0 fully saturated rings. The zero-order valence-corrected chi connectivity index (χ0v) is 37.1. The Hall–Kier alpha value is -9.50. The van der Waals surface area contributed by atoms with Crippen molar-refractivity contribution < 1.29 is 43.7 Å². The fraction of sp³-hybridized carbons (Fsp3) is 0.200. The molecule has 3 rings (SSSR count). The largest absolute Gasteiger partial charge is 0.393 e. The number of nitrogens with zero attached hydrogens (tertiary/aromatic N) is 7. The molecule has 6 unspecified atom stereocenters. The van der Waals surface area contributed by atoms with Gasteiger partial charge in [-0.2, -0.15) is 0 Å². The van der Waals surface area contributed by atoms with Gasteiger partial charge in [-0.05, 0) is 23.8 Å². The maximum atomic E-state index is 14.2. The lowest BCUT2D eigenvalue weighted by Gasteiger charge is -2.31. The number of nitrogens with two attached hydrogens (primary N) is 10. The number of carbonyl (C=O) groups excluding carboxylic acids is 6. The van der Waals surface area contributed by atoms with Crippen LogP contribution in [-0.2, 0) is 35.3 Å². The fourth-order valence-corrected chi connectivity index (χ4v) is 6.19. The van der Waals surface area contributed by atoms with E-state index in [4.69, 9.17) is 80.5 Å². The van der Waals surface area contributed by atoms with Crippen LogP contribution in [0.2, 0.25) is 10.0 Å². The predicted molar refractivity (Wildman–Crippen MR) is 250 cm³/mol. The predicted octanol–water partition coefficient (Wildman–Crippen LogP) is -6.08. The standard InChI is InChI=1S/C35H44Cl2N22O11/c36-14-7-4-8-15(37)13(14)11-57(18-9-16(38)17(58(67)68)10-19(18)59(69)70)31(66)30(65)48-20(12-5-2-1-3-6-12)26(61)50-23(54-33(42)43)28(63)52-25(56-35(46)47)29(64)51-24(55-34(44)45)27(62)49-22(21(39)60)53-32(40)41/h1-10,20,22-25,31,66H,11,38H2,(H2,39,60)(H,48,65)(H,49,62)(H,50,61)(H,51,64)(H,52,63)(H4,40,41,53)(H4,42,43,54)(H4,44,45,55)(H4,46,47,56). The van der Waals surface area contributed by atoms with Gasteiger partial charge in [0.25, 0.3) is 40.9 Å². The highest BCUT2D eigenvalue weighted by molar-refractivity contribution is 6.36. The number of aliphatic imine (C=N–C) groups is 4. The minimum absolute atomic E-state index is 0.00495. The fourth-order valence-electron chi connectivity index (χ4n) is 5.67. The molecule has 3 aromatic carbocycles. The van der Waals surface area contributed by atoms with Gasteiger partial charge in [-0.25, -0.2) is 20.0 Å². The van der Waals surface area contributed by atoms with Crippen molar-refractivity contribution in [3.63, 3.8) is 0 Å². The van der Waals surface area contributed by atoms with Gasteiger partial charge in [0.15, 0.2) is 23.8 Å². The van der Waals surface area contributed by atoms with Crippen LogP contribution in [0.1, 0.15) is 17.2 Å². The van der Waals surface area contributed by atoms with Crippen LogP contribution in [0.25, 0.3) is 0 Å². The summed E-state index contributed by atoms with van der Waals surface area (Å²) < 4.78 is 0. The zero-order valence-electron chi connectivity index (χ0n) is 35.6. The molecule has 70 heavy (non-hydrogen) atoms. The van der Waals surface area contributed by atoms with Crippen molar-refractivity contribution in [2.75, 3.05) is 10.6 Å². The third-order valence-electron chi connectivity index (χ3n) is 8.67. The van der Waals surface area contributed by atoms with Crippen LogP contribution >= 0.6 is 23.2 Å². The molecule has 6 amide bonds. The number of carbonyl (C=O) groups is 6. The number of nitrogens with one attached hydrogen (secondary N) is 5. The molecule has 0 aliphatic heterocycles. The monoisotopic (exact) mass is 1020 g/mol. The second-order valence-electron chi connectivity index (χ2n) is 13.7. The number of aliphatic hydroxyl groups is 1. The summed E-state index contributed by atoms with van der Waals surface area (Å²) in [6.07, 6.45) is -11.1. The molecular weight excluding hydrogens is 975 g/mol. The molecule has 3 aromatic rings. The Labute approximate surface area is 402 Å². The number of guanidine groups is 4. The van der Waals surface area contributed by atoms with Gasteiger partial charge in [0.05, 0.1) is 15.9 Å². The number of halogens is 2. The summed E-state index contributed by atoms with van der Waals surface area (Å²) in [7, 11) is 0. The summed E-state index contributed by atoms with van der Waals surface area (Å²) in [6, 6.07) is 10.4. The van der Waals surface area contributed by atoms with Crippen LogP contribution < -0.4 is 88.8 Å². The topological polar surface area (TPSA) is 582 Å². The van der Waals surface area contributed by atoms with E-state index in [-0.39, 0.29) is 21.2 Å². The molecule has 26 N–H and O–H groups in total. The van der Waals surface area contributed by atoms with Crippen LogP contribution in [-0.4, -0.2) is 105 Å². The average Bonchev–Trinajstić information content (AvgIpc) is 3.26. The van der Waals surface area contributed by atoms with E-state index in [1.54, 1.807) is 0 Å². The first-order valence-electron chi connectivity index (χ1n) is 19.0. The number of anilines is 2. The first-order chi connectivity index (χ1) is 32.7. The molecule has 0 saturated heterocycles. The molecule has 33 nitrogen and oxygen atoms in total. The number of aliphatic hydroxyl groups excluding tert-OH is 1. The second kappa shape index (κ2) is 24.3. The molecule has 0 aromatic heterocycles. The highest BCUT2D eigenvalue weighted by Crippen LogP contribution is 2.39. The Bertz CT molecular complexity index is 2620. The first-order valence-corrected chi connectivity index (χ1v) is 19.8. The summed E-state index contributed by atoms with van der Waals surface area (Å²) in [6.45, 7) is -0.701. The Balaban J connectivity index is 2.05. The average molecular weight is 1020 g/mol. The molecule has 0 aliphatic carbocycles. The smallest absolute Gasteiger partial charge is 0.299 e. The number of hydrogen-bond donors (Lipinski definition) is 16. The van der Waals surface area contributed by atoms with Gasteiger partial charge in [-0.15, -0.1) is 0 Å². The Morgan fingerprint density at radius 2 is 1.00 bits per heavy atom. The van der Waals surface area contributed by atoms with Gasteiger partial charge in [0.1, 0.15) is 17.4 Å². The van der Waals surface area contributed by atoms with Gasteiger partial charge in [0, 0.05) is 22.2 Å². The number of benzene rings is 3. The van der Waals surface area contributed by atoms with E-state index >= 15 is 0 Å². The van der Waals surface area contributed by atoms with Gasteiger partial charge < -0.3 is 93.9 Å². The van der Waals surface area contributed by atoms with Crippen LogP contribution in [0.4, 0.5) is 22.7 Å². The van der Waals surface area contributed by atoms with E-state index in [0.717, 1.165) is 6.07 Å². The van der Waals surface area contributed by atoms with Crippen molar-refractivity contribution in [2.24, 2.45) is 71.6 Å². The van der Waals surface area contributed by atoms with E-state index in [1.807, 2.05) is 16.0 Å². The third kappa shape index (κ3) is 15.3. The molecule has 0 radical (unpaired) electrons. The number of nitro benzene ring substituents is 2. The number of rotatable bonds is 22. The molecule has 0 heterocycles. The van der Waals surface area contributed by atoms with E-state index in [9.17, 15) is 54.1 Å². The lowest BCUT2D eigenvalue weighted by atomic mass is 10.1. The van der Waals surface area contributed by atoms with Crippen LogP contribution in [0.5, 0.6) is 0 Å². The molecule has 374 valence electrons. The highest BCUT2D eigenvalue weighted by Gasteiger charge is 2.37. The number of amides is 6. The summed E-state index contributed by atoms with van der Waals surface area (Å²) in [4.78, 5) is 117. The molecule has 0 aliphatic rings. The Morgan fingerprint density at radius 1 is 0.586 bits per heavy atom. The van der Waals surface area contributed by atoms with Crippen molar-refractivity contribution in [1.82, 2.24) is 26.6 Å². The van der Waals surface area contributed by atoms with Crippen LogP contribution in [0.15, 0.2) is 80.6 Å². The first kappa shape index (κ1) is 54.8. The molecule has 0 spiro atoms. The van der Waals surface area contributed by atoms with Crippen LogP contribution in [0.3, 0.4) is 0 Å².